The first-order valence-electron chi connectivity index (χ1n) is 5.65. The first-order valence-corrected chi connectivity index (χ1v) is 5.65. The van der Waals surface area contributed by atoms with Crippen LogP contribution in [0.1, 0.15) is 36.8 Å². The minimum absolute atomic E-state index is 0.480. The van der Waals surface area contributed by atoms with Crippen molar-refractivity contribution in [3.63, 3.8) is 0 Å². The van der Waals surface area contributed by atoms with Gasteiger partial charge >= 0.3 is 0 Å². The molecule has 1 aliphatic rings. The molecule has 0 N–H and O–H groups in total. The second-order valence-corrected chi connectivity index (χ2v) is 4.43. The van der Waals surface area contributed by atoms with E-state index in [9.17, 15) is 0 Å². The lowest BCUT2D eigenvalue weighted by Gasteiger charge is -2.14. The van der Waals surface area contributed by atoms with Crippen LogP contribution in [0, 0.1) is 0 Å². The summed E-state index contributed by atoms with van der Waals surface area (Å²) in [6, 6.07) is 8.84. The second-order valence-electron chi connectivity index (χ2n) is 4.43. The van der Waals surface area contributed by atoms with Crippen LogP contribution in [0.4, 0.5) is 0 Å². The number of allylic oxidation sites excluding steroid dienone is 1. The van der Waals surface area contributed by atoms with Gasteiger partial charge < -0.3 is 0 Å². The molecule has 0 spiro atoms. The summed E-state index contributed by atoms with van der Waals surface area (Å²) in [5.41, 5.74) is 3.18. The molecular formula is C15H18. The molecule has 1 fully saturated rings. The highest BCUT2D eigenvalue weighted by Crippen LogP contribution is 2.51. The van der Waals surface area contributed by atoms with Crippen LogP contribution in [0.15, 0.2) is 43.5 Å². The Morgan fingerprint density at radius 1 is 1.13 bits per heavy atom. The van der Waals surface area contributed by atoms with Crippen LogP contribution in [0.5, 0.6) is 0 Å². The van der Waals surface area contributed by atoms with E-state index in [1.165, 1.54) is 30.4 Å². The van der Waals surface area contributed by atoms with Gasteiger partial charge in [0.1, 0.15) is 0 Å². The normalized spacial score (nSPS) is 17.1. The monoisotopic (exact) mass is 198 g/mol. The van der Waals surface area contributed by atoms with E-state index in [1.54, 1.807) is 0 Å². The molecule has 0 heteroatoms. The highest BCUT2D eigenvalue weighted by atomic mass is 14.5. The van der Waals surface area contributed by atoms with Gasteiger partial charge in [-0.05, 0) is 42.2 Å². The first-order chi connectivity index (χ1) is 7.30. The van der Waals surface area contributed by atoms with Gasteiger partial charge in [0, 0.05) is 0 Å². The lowest BCUT2D eigenvalue weighted by molar-refractivity contribution is 0.628. The molecule has 0 amide bonds. The zero-order valence-electron chi connectivity index (χ0n) is 9.21. The molecule has 0 nitrogen and oxygen atoms in total. The summed E-state index contributed by atoms with van der Waals surface area (Å²) < 4.78 is 0. The van der Waals surface area contributed by atoms with Gasteiger partial charge in [-0.2, -0.15) is 0 Å². The minimum Gasteiger partial charge on any atom is -0.103 e. The van der Waals surface area contributed by atoms with Crippen LogP contribution in [0.25, 0.3) is 6.08 Å². The minimum atomic E-state index is 0.480. The molecule has 2 rings (SSSR count). The average molecular weight is 198 g/mol. The Kier molecular flexibility index (Phi) is 2.77. The predicted octanol–water partition coefficient (Wildman–Crippen LogP) is 4.33. The van der Waals surface area contributed by atoms with Crippen molar-refractivity contribution in [2.45, 2.75) is 31.1 Å². The van der Waals surface area contributed by atoms with Gasteiger partial charge in [0.05, 0.1) is 0 Å². The molecule has 0 unspecified atom stereocenters. The van der Waals surface area contributed by atoms with Gasteiger partial charge in [-0.15, -0.1) is 6.58 Å². The zero-order valence-corrected chi connectivity index (χ0v) is 9.21. The van der Waals surface area contributed by atoms with Gasteiger partial charge in [-0.1, -0.05) is 43.0 Å². The largest absolute Gasteiger partial charge is 0.103 e. The number of rotatable bonds is 5. The van der Waals surface area contributed by atoms with Gasteiger partial charge in [0.25, 0.3) is 0 Å². The van der Waals surface area contributed by atoms with Crippen molar-refractivity contribution in [3.05, 3.63) is 54.6 Å². The summed E-state index contributed by atoms with van der Waals surface area (Å²) >= 11 is 0. The van der Waals surface area contributed by atoms with Crippen LogP contribution in [0.2, 0.25) is 0 Å². The molecule has 1 aliphatic carbocycles. The Hall–Kier alpha value is -1.30. The van der Waals surface area contributed by atoms with E-state index >= 15 is 0 Å². The van der Waals surface area contributed by atoms with Crippen LogP contribution in [0.3, 0.4) is 0 Å². The van der Waals surface area contributed by atoms with E-state index < -0.39 is 0 Å². The smallest absolute Gasteiger partial charge is 0.00434 e. The fraction of sp³-hybridized carbons (Fsp3) is 0.333. The number of hydrogen-bond acceptors (Lipinski definition) is 0. The molecule has 15 heavy (non-hydrogen) atoms. The summed E-state index contributed by atoms with van der Waals surface area (Å²) in [7, 11) is 0. The van der Waals surface area contributed by atoms with Gasteiger partial charge in [-0.25, -0.2) is 0 Å². The van der Waals surface area contributed by atoms with Gasteiger partial charge in [0.15, 0.2) is 0 Å². The van der Waals surface area contributed by atoms with Crippen molar-refractivity contribution in [2.75, 3.05) is 0 Å². The molecule has 0 atom stereocenters. The third-order valence-electron chi connectivity index (χ3n) is 3.44. The summed E-state index contributed by atoms with van der Waals surface area (Å²) in [5, 5.41) is 0. The predicted molar refractivity (Wildman–Crippen MR) is 66.9 cm³/mol. The summed E-state index contributed by atoms with van der Waals surface area (Å²) in [6.45, 7) is 7.57. The molecular weight excluding hydrogens is 180 g/mol. The van der Waals surface area contributed by atoms with Crippen molar-refractivity contribution >= 4 is 6.08 Å². The summed E-state index contributed by atoms with van der Waals surface area (Å²) in [5.74, 6) is 0. The van der Waals surface area contributed by atoms with Gasteiger partial charge in [0.2, 0.25) is 0 Å². The molecule has 1 saturated carbocycles. The van der Waals surface area contributed by atoms with Crippen LogP contribution >= 0.6 is 0 Å². The molecule has 0 bridgehead atoms. The first kappa shape index (κ1) is 10.2. The Labute approximate surface area is 92.3 Å². The van der Waals surface area contributed by atoms with E-state index in [-0.39, 0.29) is 0 Å². The molecule has 0 radical (unpaired) electrons. The lowest BCUT2D eigenvalue weighted by atomic mass is 9.90. The van der Waals surface area contributed by atoms with Crippen molar-refractivity contribution in [3.8, 4) is 0 Å². The topological polar surface area (TPSA) is 0 Å². The Bertz CT molecular complexity index is 352. The van der Waals surface area contributed by atoms with Crippen LogP contribution in [-0.4, -0.2) is 0 Å². The average Bonchev–Trinajstić information content (AvgIpc) is 3.08. The molecule has 1 aromatic carbocycles. The van der Waals surface area contributed by atoms with Crippen molar-refractivity contribution < 1.29 is 0 Å². The SMILES string of the molecule is C=CCCC1(c2ccc(C=C)cc2)CC1. The second kappa shape index (κ2) is 4.06. The summed E-state index contributed by atoms with van der Waals surface area (Å²) in [4.78, 5) is 0. The fourth-order valence-electron chi connectivity index (χ4n) is 2.19. The Morgan fingerprint density at radius 2 is 1.80 bits per heavy atom. The van der Waals surface area contributed by atoms with Crippen LogP contribution in [-0.2, 0) is 5.41 Å². The number of hydrogen-bond donors (Lipinski definition) is 0. The molecule has 0 aromatic heterocycles. The quantitative estimate of drug-likeness (QED) is 0.618. The summed E-state index contributed by atoms with van der Waals surface area (Å²) in [6.07, 6.45) is 8.99. The van der Waals surface area contributed by atoms with Crippen molar-refractivity contribution in [1.29, 1.82) is 0 Å². The maximum Gasteiger partial charge on any atom is -0.00434 e. The Balaban J connectivity index is 2.14. The Morgan fingerprint density at radius 3 is 2.27 bits per heavy atom. The van der Waals surface area contributed by atoms with E-state index in [1.807, 2.05) is 12.2 Å². The third-order valence-corrected chi connectivity index (χ3v) is 3.44. The van der Waals surface area contributed by atoms with Crippen molar-refractivity contribution in [1.82, 2.24) is 0 Å². The maximum absolute atomic E-state index is 3.80. The molecule has 0 heterocycles. The molecule has 0 aliphatic heterocycles. The van der Waals surface area contributed by atoms with E-state index in [4.69, 9.17) is 0 Å². The van der Waals surface area contributed by atoms with Crippen LogP contribution < -0.4 is 0 Å². The van der Waals surface area contributed by atoms with E-state index in [0.717, 1.165) is 6.42 Å². The molecule has 1 aromatic rings. The van der Waals surface area contributed by atoms with E-state index in [2.05, 4.69) is 37.4 Å². The van der Waals surface area contributed by atoms with Crippen molar-refractivity contribution in [2.24, 2.45) is 0 Å². The van der Waals surface area contributed by atoms with Gasteiger partial charge in [-0.3, -0.25) is 0 Å². The zero-order chi connectivity index (χ0) is 10.7. The molecule has 0 saturated heterocycles. The highest BCUT2D eigenvalue weighted by molar-refractivity contribution is 5.48. The van der Waals surface area contributed by atoms with E-state index in [0.29, 0.717) is 5.41 Å². The standard InChI is InChI=1S/C15H18/c1-3-5-10-15(11-12-15)14-8-6-13(4-2)7-9-14/h3-4,6-9H,1-2,5,10-12H2. The lowest BCUT2D eigenvalue weighted by Crippen LogP contribution is -2.05. The maximum atomic E-state index is 3.80. The number of benzene rings is 1. The molecule has 78 valence electrons. The fourth-order valence-corrected chi connectivity index (χ4v) is 2.19. The third kappa shape index (κ3) is 2.04. The highest BCUT2D eigenvalue weighted by Gasteiger charge is 2.42.